The lowest BCUT2D eigenvalue weighted by Crippen LogP contribution is -2.45. The summed E-state index contributed by atoms with van der Waals surface area (Å²) in [5.74, 6) is -0.864. The first-order valence-electron chi connectivity index (χ1n) is 23.3. The maximum atomic E-state index is 14.2. The van der Waals surface area contributed by atoms with Crippen molar-refractivity contribution in [2.45, 2.75) is 94.6 Å². The van der Waals surface area contributed by atoms with Crippen LogP contribution in [0.25, 0.3) is 0 Å². The van der Waals surface area contributed by atoms with Crippen LogP contribution in [0.4, 0.5) is 26.3 Å². The molecule has 3 aliphatic rings. The second-order valence-corrected chi connectivity index (χ2v) is 17.2. The lowest BCUT2D eigenvalue weighted by atomic mass is 9.74. The third-order valence-electron chi connectivity index (χ3n) is 12.4. The quantitative estimate of drug-likeness (QED) is 0.0615. The van der Waals surface area contributed by atoms with Gasteiger partial charge in [0.1, 0.15) is 17.5 Å². The number of hydrogen-bond acceptors (Lipinski definition) is 9. The average molecular weight is 926 g/mol. The Labute approximate surface area is 382 Å². The van der Waals surface area contributed by atoms with E-state index in [4.69, 9.17) is 23.7 Å². The highest BCUT2D eigenvalue weighted by Crippen LogP contribution is 2.41. The number of halogens is 6. The highest BCUT2D eigenvalue weighted by atomic mass is 19.4. The van der Waals surface area contributed by atoms with Gasteiger partial charge < -0.3 is 44.7 Å². The number of rotatable bonds is 21. The van der Waals surface area contributed by atoms with E-state index in [9.17, 15) is 31.4 Å². The molecule has 9 nitrogen and oxygen atoms in total. The Kier molecular flexibility index (Phi) is 24.8. The molecule has 0 saturated carbocycles. The van der Waals surface area contributed by atoms with Crippen LogP contribution < -0.4 is 16.0 Å². The smallest absolute Gasteiger partial charge is 0.385 e. The Morgan fingerprint density at radius 2 is 1.14 bits per heavy atom. The Morgan fingerprint density at radius 3 is 1.69 bits per heavy atom. The van der Waals surface area contributed by atoms with Crippen molar-refractivity contribution in [3.05, 3.63) is 106 Å². The zero-order chi connectivity index (χ0) is 46.9. The van der Waals surface area contributed by atoms with E-state index in [1.807, 2.05) is 12.1 Å². The van der Waals surface area contributed by atoms with Gasteiger partial charge in [0.15, 0.2) is 0 Å². The number of piperidine rings is 3. The molecule has 0 amide bonds. The molecule has 3 heterocycles. The van der Waals surface area contributed by atoms with E-state index in [1.54, 1.807) is 33.5 Å². The first kappa shape index (κ1) is 54.5. The van der Waals surface area contributed by atoms with Crippen molar-refractivity contribution in [1.82, 2.24) is 16.0 Å². The van der Waals surface area contributed by atoms with Gasteiger partial charge in [-0.2, -0.15) is 13.2 Å². The molecule has 6 atom stereocenters. The van der Waals surface area contributed by atoms with Gasteiger partial charge in [0.05, 0.1) is 23.4 Å². The van der Waals surface area contributed by atoms with E-state index < -0.39 is 35.1 Å². The van der Waals surface area contributed by atoms with Gasteiger partial charge >= 0.3 is 6.18 Å². The molecule has 3 aromatic carbocycles. The summed E-state index contributed by atoms with van der Waals surface area (Å²) in [6.07, 6.45) is 4.47. The summed E-state index contributed by atoms with van der Waals surface area (Å²) in [5, 5.41) is 21.1. The number of nitrogens with one attached hydrogen (secondary N) is 3. The van der Waals surface area contributed by atoms with Crippen LogP contribution in [-0.2, 0) is 35.5 Å². The van der Waals surface area contributed by atoms with Crippen LogP contribution in [-0.4, -0.2) is 98.7 Å². The highest BCUT2D eigenvalue weighted by molar-refractivity contribution is 5.32. The van der Waals surface area contributed by atoms with Crippen molar-refractivity contribution in [2.24, 2.45) is 17.8 Å². The molecular weight excluding hydrogens is 853 g/mol. The van der Waals surface area contributed by atoms with Crippen molar-refractivity contribution in [3.8, 4) is 0 Å². The second-order valence-electron chi connectivity index (χ2n) is 17.2. The summed E-state index contributed by atoms with van der Waals surface area (Å²) < 4.78 is 108. The molecule has 6 rings (SSSR count). The third-order valence-corrected chi connectivity index (χ3v) is 12.4. The molecule has 0 bridgehead atoms. The van der Waals surface area contributed by atoms with Crippen molar-refractivity contribution < 1.29 is 55.1 Å². The summed E-state index contributed by atoms with van der Waals surface area (Å²) in [4.78, 5) is 0. The number of methoxy groups -OCH3 is 3. The molecule has 0 aromatic heterocycles. The van der Waals surface area contributed by atoms with Crippen LogP contribution in [0.1, 0.15) is 105 Å². The van der Waals surface area contributed by atoms with Gasteiger partial charge in [0, 0.05) is 97.3 Å². The molecule has 6 unspecified atom stereocenters. The van der Waals surface area contributed by atoms with Gasteiger partial charge in [0.2, 0.25) is 0 Å². The number of aliphatic hydroxyl groups is 1. The molecule has 366 valence electrons. The van der Waals surface area contributed by atoms with E-state index in [0.717, 1.165) is 101 Å². The largest absolute Gasteiger partial charge is 0.416 e. The van der Waals surface area contributed by atoms with Crippen molar-refractivity contribution in [1.29, 1.82) is 0 Å². The molecule has 3 aliphatic heterocycles. The summed E-state index contributed by atoms with van der Waals surface area (Å²) in [5.41, 5.74) is -0.544. The standard InChI is InChI=1S/C17H24F3NO2.C17H25F2NO2.C16H24FNO2/c1-22-10-5-11-23-16(13-6-4-9-21-12-13)14-7-2-3-8-15(14)17(18,19)20;1-22-10-3-2-8-17(21,13-5-4-9-20-12-13)15-11-14(18)6-7-16(15)19;1-19-10-3-11-20-16(14-4-2-9-18-12-14)13-5-7-15(17)8-6-13/h2-3,7-8,13,16,21H,4-6,9-12H2,1H3;6-7,11,13,20-21H,2-5,8-10,12H2,1H3;5-8,14,16,18H,2-4,9-12H2,1H3. The minimum absolute atomic E-state index is 0.0419. The first-order valence-corrected chi connectivity index (χ1v) is 23.3. The van der Waals surface area contributed by atoms with Crippen LogP contribution in [0.2, 0.25) is 0 Å². The first-order chi connectivity index (χ1) is 31.4. The van der Waals surface area contributed by atoms with Crippen molar-refractivity contribution in [3.63, 3.8) is 0 Å². The molecule has 3 aromatic rings. The van der Waals surface area contributed by atoms with Gasteiger partial charge in [-0.25, -0.2) is 13.2 Å². The van der Waals surface area contributed by atoms with E-state index in [-0.39, 0.29) is 34.9 Å². The van der Waals surface area contributed by atoms with Crippen LogP contribution in [0.5, 0.6) is 0 Å². The minimum atomic E-state index is -4.37. The Balaban J connectivity index is 0.000000214. The number of alkyl halides is 3. The molecule has 3 saturated heterocycles. The Hall–Kier alpha value is -3.12. The summed E-state index contributed by atoms with van der Waals surface area (Å²) in [6, 6.07) is 15.8. The number of benzene rings is 3. The molecule has 4 N–H and O–H groups in total. The molecule has 15 heteroatoms. The lowest BCUT2D eigenvalue weighted by Gasteiger charge is -2.39. The van der Waals surface area contributed by atoms with Gasteiger partial charge in [-0.05, 0) is 138 Å². The van der Waals surface area contributed by atoms with Crippen molar-refractivity contribution >= 4 is 0 Å². The molecular formula is C50H73F6N3O6. The Bertz CT molecular complexity index is 1720. The zero-order valence-corrected chi connectivity index (χ0v) is 38.6. The van der Waals surface area contributed by atoms with Crippen molar-refractivity contribution in [2.75, 3.05) is 93.6 Å². The van der Waals surface area contributed by atoms with Crippen LogP contribution in [0.15, 0.2) is 66.7 Å². The molecule has 3 fully saturated rings. The predicted octanol–water partition coefficient (Wildman–Crippen LogP) is 9.69. The fourth-order valence-corrected chi connectivity index (χ4v) is 9.03. The fourth-order valence-electron chi connectivity index (χ4n) is 9.03. The molecule has 0 aliphatic carbocycles. The SMILES string of the molecule is COCCCCC(O)(c1cc(F)ccc1F)C1CCCNC1.COCCCOC(c1ccc(F)cc1)C1CCCNC1.COCCCOC(c1ccccc1C(F)(F)F)C1CCCNC1. The lowest BCUT2D eigenvalue weighted by molar-refractivity contribution is -0.140. The fraction of sp³-hybridized carbons (Fsp3) is 0.640. The van der Waals surface area contributed by atoms with Crippen LogP contribution in [0, 0.1) is 35.2 Å². The summed E-state index contributed by atoms with van der Waals surface area (Å²) >= 11 is 0. The Morgan fingerprint density at radius 1 is 0.600 bits per heavy atom. The van der Waals surface area contributed by atoms with E-state index in [2.05, 4.69) is 16.0 Å². The maximum absolute atomic E-state index is 14.2. The van der Waals surface area contributed by atoms with Gasteiger partial charge in [-0.15, -0.1) is 0 Å². The number of ether oxygens (including phenoxy) is 5. The summed E-state index contributed by atoms with van der Waals surface area (Å²) in [7, 11) is 4.92. The minimum Gasteiger partial charge on any atom is -0.385 e. The van der Waals surface area contributed by atoms with Gasteiger partial charge in [0.25, 0.3) is 0 Å². The molecule has 65 heavy (non-hydrogen) atoms. The predicted molar refractivity (Wildman–Crippen MR) is 241 cm³/mol. The topological polar surface area (TPSA) is 102 Å². The maximum Gasteiger partial charge on any atom is 0.416 e. The van der Waals surface area contributed by atoms with Gasteiger partial charge in [-0.3, -0.25) is 0 Å². The normalized spacial score (nSPS) is 20.9. The van der Waals surface area contributed by atoms with Gasteiger partial charge in [-0.1, -0.05) is 30.3 Å². The third kappa shape index (κ3) is 18.1. The second kappa shape index (κ2) is 29.6. The van der Waals surface area contributed by atoms with E-state index in [1.165, 1.54) is 24.6 Å². The number of unbranched alkanes of at least 4 members (excludes halogenated alkanes) is 1. The number of hydrogen-bond donors (Lipinski definition) is 4. The molecule has 0 spiro atoms. The summed E-state index contributed by atoms with van der Waals surface area (Å²) in [6.45, 7) is 8.07. The van der Waals surface area contributed by atoms with Crippen LogP contribution in [0.3, 0.4) is 0 Å². The monoisotopic (exact) mass is 926 g/mol. The molecule has 0 radical (unpaired) electrons. The highest BCUT2D eigenvalue weighted by Gasteiger charge is 2.41. The van der Waals surface area contributed by atoms with Crippen LogP contribution >= 0.6 is 0 Å². The van der Waals surface area contributed by atoms with E-state index >= 15 is 0 Å². The zero-order valence-electron chi connectivity index (χ0n) is 38.6. The average Bonchev–Trinajstić information content (AvgIpc) is 3.32. The van der Waals surface area contributed by atoms with E-state index in [0.29, 0.717) is 71.3 Å².